The van der Waals surface area contributed by atoms with Gasteiger partial charge in [-0.1, -0.05) is 12.2 Å². The Balaban J connectivity index is 1.27. The summed E-state index contributed by atoms with van der Waals surface area (Å²) in [7, 11) is 0. The molecule has 0 spiro atoms. The normalized spacial score (nSPS) is 37.7. The molecule has 3 aromatic rings. The third-order valence-corrected chi connectivity index (χ3v) is 10.3. The zero-order chi connectivity index (χ0) is 29.6. The number of anilines is 1. The molecular weight excluding hydrogens is 636 g/mol. The number of fused-ring (bicyclic) bond motifs is 4. The molecule has 21 heteroatoms. The van der Waals surface area contributed by atoms with Crippen molar-refractivity contribution in [3.8, 4) is 5.88 Å². The SMILES string of the molecule is Nc1nc2c(ncn2[C@@H]2O[C@@H]3CCOP(O)(=S)O[C@H]4C[C@H](Oc5ccncn5)C[C@@H]4COP(=O)(S)O[C@@H]2[C@@H]3O)c(=O)[nH]1. The van der Waals surface area contributed by atoms with Crippen molar-refractivity contribution in [2.24, 2.45) is 5.92 Å². The molecule has 3 aliphatic rings. The summed E-state index contributed by atoms with van der Waals surface area (Å²) >= 11 is 9.42. The maximum Gasteiger partial charge on any atom is 0.386 e. The highest BCUT2D eigenvalue weighted by Crippen LogP contribution is 2.58. The van der Waals surface area contributed by atoms with E-state index in [4.69, 9.17) is 45.1 Å². The summed E-state index contributed by atoms with van der Waals surface area (Å²) in [5.74, 6) is -0.268. The van der Waals surface area contributed by atoms with Crippen molar-refractivity contribution in [1.82, 2.24) is 29.5 Å². The number of imidazole rings is 1. The molecule has 1 aliphatic carbocycles. The molecule has 0 amide bonds. The minimum atomic E-state index is -4.15. The van der Waals surface area contributed by atoms with Gasteiger partial charge in [0.15, 0.2) is 17.4 Å². The molecule has 2 unspecified atom stereocenters. The van der Waals surface area contributed by atoms with Gasteiger partial charge >= 0.3 is 13.5 Å². The Morgan fingerprint density at radius 1 is 1.24 bits per heavy atom. The molecule has 0 aromatic carbocycles. The third kappa shape index (κ3) is 6.42. The lowest BCUT2D eigenvalue weighted by molar-refractivity contribution is -0.0369. The zero-order valence-electron chi connectivity index (χ0n) is 21.6. The summed E-state index contributed by atoms with van der Waals surface area (Å²) in [5, 5.41) is 11.2. The number of thiol groups is 1. The lowest BCUT2D eigenvalue weighted by Gasteiger charge is -2.28. The molecule has 3 fully saturated rings. The number of hydrogen-bond acceptors (Lipinski definition) is 15. The van der Waals surface area contributed by atoms with Crippen LogP contribution in [0, 0.1) is 5.92 Å². The summed E-state index contributed by atoms with van der Waals surface area (Å²) in [4.78, 5) is 41.6. The van der Waals surface area contributed by atoms with E-state index < -0.39 is 61.7 Å². The molecule has 2 saturated heterocycles. The number of rotatable bonds is 3. The van der Waals surface area contributed by atoms with Crippen molar-refractivity contribution in [2.75, 3.05) is 18.9 Å². The van der Waals surface area contributed by atoms with E-state index >= 15 is 0 Å². The summed E-state index contributed by atoms with van der Waals surface area (Å²) in [6.45, 7) is -8.23. The van der Waals surface area contributed by atoms with Crippen LogP contribution < -0.4 is 16.0 Å². The van der Waals surface area contributed by atoms with Crippen molar-refractivity contribution in [2.45, 2.75) is 56.0 Å². The molecule has 42 heavy (non-hydrogen) atoms. The first-order valence-corrected chi connectivity index (χ1v) is 18.1. The van der Waals surface area contributed by atoms with Gasteiger partial charge in [-0.05, 0) is 18.2 Å². The summed E-state index contributed by atoms with van der Waals surface area (Å²) in [6.07, 6.45) is -0.969. The van der Waals surface area contributed by atoms with Gasteiger partial charge in [0.25, 0.3) is 5.56 Å². The van der Waals surface area contributed by atoms with Crippen LogP contribution in [0.4, 0.5) is 5.95 Å². The van der Waals surface area contributed by atoms with Gasteiger partial charge in [-0.25, -0.2) is 19.5 Å². The Morgan fingerprint density at radius 2 is 2.07 bits per heavy atom. The highest BCUT2D eigenvalue weighted by molar-refractivity contribution is 8.44. The van der Waals surface area contributed by atoms with E-state index in [1.54, 1.807) is 6.07 Å². The van der Waals surface area contributed by atoms with E-state index in [2.05, 4.69) is 37.2 Å². The molecular formula is C21H27N7O10P2S2. The predicted octanol–water partition coefficient (Wildman–Crippen LogP) is 1.07. The predicted molar refractivity (Wildman–Crippen MR) is 151 cm³/mol. The Bertz CT molecular complexity index is 1600. The second-order valence-electron chi connectivity index (χ2n) is 9.92. The minimum absolute atomic E-state index is 0.0341. The van der Waals surface area contributed by atoms with Gasteiger partial charge in [0, 0.05) is 31.0 Å². The van der Waals surface area contributed by atoms with E-state index in [0.29, 0.717) is 18.7 Å². The molecule has 0 radical (unpaired) electrons. The summed E-state index contributed by atoms with van der Waals surface area (Å²) < 4.78 is 49.7. The van der Waals surface area contributed by atoms with Gasteiger partial charge in [-0.15, -0.1) is 0 Å². The lowest BCUT2D eigenvalue weighted by Crippen LogP contribution is -2.34. The highest BCUT2D eigenvalue weighted by atomic mass is 32.7. The van der Waals surface area contributed by atoms with Crippen LogP contribution in [0.25, 0.3) is 11.2 Å². The fourth-order valence-electron chi connectivity index (χ4n) is 5.24. The summed E-state index contributed by atoms with van der Waals surface area (Å²) in [6, 6.07) is 1.60. The maximum atomic E-state index is 13.5. The second-order valence-corrected chi connectivity index (χ2v) is 15.6. The number of nitrogens with two attached hydrogens (primary N) is 1. The number of ether oxygens (including phenoxy) is 2. The van der Waals surface area contributed by atoms with Crippen LogP contribution in [-0.4, -0.2) is 83.2 Å². The van der Waals surface area contributed by atoms with Crippen molar-refractivity contribution < 1.29 is 42.1 Å². The molecule has 1 saturated carbocycles. The average Bonchev–Trinajstić information content (AvgIpc) is 3.59. The molecule has 6 rings (SSSR count). The van der Waals surface area contributed by atoms with Gasteiger partial charge < -0.3 is 38.8 Å². The summed E-state index contributed by atoms with van der Waals surface area (Å²) in [5.41, 5.74) is 5.16. The molecule has 2 aliphatic heterocycles. The monoisotopic (exact) mass is 663 g/mol. The number of H-pyrrole nitrogens is 1. The van der Waals surface area contributed by atoms with E-state index in [0.717, 1.165) is 0 Å². The van der Waals surface area contributed by atoms with Gasteiger partial charge in [-0.3, -0.25) is 18.9 Å². The van der Waals surface area contributed by atoms with E-state index in [1.807, 2.05) is 0 Å². The smallest absolute Gasteiger partial charge is 0.386 e. The number of aliphatic hydroxyl groups excluding tert-OH is 1. The maximum absolute atomic E-state index is 13.5. The van der Waals surface area contributed by atoms with Crippen LogP contribution in [0.1, 0.15) is 25.5 Å². The van der Waals surface area contributed by atoms with Crippen molar-refractivity contribution in [3.63, 3.8) is 0 Å². The number of aromatic amines is 1. The van der Waals surface area contributed by atoms with E-state index in [1.165, 1.54) is 23.4 Å². The molecule has 9 atom stereocenters. The number of nitrogen functional groups attached to an aromatic ring is 1. The van der Waals surface area contributed by atoms with Gasteiger partial charge in [0.1, 0.15) is 24.6 Å². The largest absolute Gasteiger partial charge is 0.474 e. The first-order valence-electron chi connectivity index (χ1n) is 12.8. The van der Waals surface area contributed by atoms with Gasteiger partial charge in [0.2, 0.25) is 11.8 Å². The number of aromatic nitrogens is 6. The highest BCUT2D eigenvalue weighted by Gasteiger charge is 2.50. The van der Waals surface area contributed by atoms with Crippen molar-refractivity contribution in [3.05, 3.63) is 35.3 Å². The van der Waals surface area contributed by atoms with E-state index in [-0.39, 0.29) is 36.7 Å². The molecule has 5 heterocycles. The minimum Gasteiger partial charge on any atom is -0.474 e. The first-order chi connectivity index (χ1) is 20.0. The van der Waals surface area contributed by atoms with Crippen LogP contribution in [0.3, 0.4) is 0 Å². The molecule has 2 bridgehead atoms. The quantitative estimate of drug-likeness (QED) is 0.195. The number of nitrogens with one attached hydrogen (secondary N) is 1. The van der Waals surface area contributed by atoms with Crippen LogP contribution >= 0.6 is 25.8 Å². The topological polar surface area (TPSA) is 228 Å². The number of aliphatic hydroxyl groups is 1. The first kappa shape index (κ1) is 30.0. The Morgan fingerprint density at radius 3 is 2.86 bits per heavy atom. The Kier molecular flexibility index (Phi) is 8.45. The molecule has 228 valence electrons. The third-order valence-electron chi connectivity index (χ3n) is 7.10. The molecule has 17 nitrogen and oxygen atoms in total. The van der Waals surface area contributed by atoms with Gasteiger partial charge in [0.05, 0.1) is 31.7 Å². The van der Waals surface area contributed by atoms with Crippen LogP contribution in [0.2, 0.25) is 0 Å². The van der Waals surface area contributed by atoms with Crippen LogP contribution in [0.5, 0.6) is 5.88 Å². The van der Waals surface area contributed by atoms with Crippen molar-refractivity contribution in [1.29, 1.82) is 0 Å². The fraction of sp³-hybridized carbons (Fsp3) is 0.571. The average molecular weight is 664 g/mol. The number of hydrogen-bond donors (Lipinski definition) is 5. The standard InChI is InChI=1S/C21H27N7O10P2S2/c22-21-26-18-15(19(30)27-21)25-9-28(18)20-17-16(29)12(36-20)2-4-33-39(31,41)37-13-6-11(35-14-1-3-23-8-24-14)5-10(13)7-34-40(32,42)38-17/h1,3,8-13,16-17,20,29H,2,4-7H2,(H,31,41)(H,32,42)(H3,22,26,27,30)/t10-,11-,12-,13+,16-,17-,20-,39?,40?/m1/s1. The second kappa shape index (κ2) is 11.8. The van der Waals surface area contributed by atoms with Gasteiger partial charge in [-0.2, -0.15) is 4.98 Å². The Labute approximate surface area is 248 Å². The lowest BCUT2D eigenvalue weighted by atomic mass is 10.1. The zero-order valence-corrected chi connectivity index (χ0v) is 25.1. The molecule has 5 N–H and O–H groups in total. The number of nitrogens with zero attached hydrogens (tertiary/aromatic N) is 5. The Hall–Kier alpha value is -2.02. The van der Waals surface area contributed by atoms with Crippen LogP contribution in [-0.2, 0) is 39.2 Å². The fourth-order valence-corrected chi connectivity index (χ4v) is 8.30. The van der Waals surface area contributed by atoms with E-state index in [9.17, 15) is 19.4 Å². The van der Waals surface area contributed by atoms with Crippen molar-refractivity contribution >= 4 is 54.7 Å². The molecule has 3 aromatic heterocycles. The van der Waals surface area contributed by atoms with Crippen LogP contribution in [0.15, 0.2) is 29.7 Å².